The first-order valence-electron chi connectivity index (χ1n) is 9.54. The summed E-state index contributed by atoms with van der Waals surface area (Å²) in [5.74, 6) is -1.45. The lowest BCUT2D eigenvalue weighted by Crippen LogP contribution is -2.32. The van der Waals surface area contributed by atoms with E-state index in [0.717, 1.165) is 6.42 Å². The zero-order valence-electron chi connectivity index (χ0n) is 16.9. The van der Waals surface area contributed by atoms with Crippen LogP contribution >= 0.6 is 11.6 Å². The van der Waals surface area contributed by atoms with Crippen molar-refractivity contribution in [3.8, 4) is 0 Å². The molecular formula is C21H27ClN2O6. The summed E-state index contributed by atoms with van der Waals surface area (Å²) in [6.45, 7) is 4.06. The van der Waals surface area contributed by atoms with Crippen molar-refractivity contribution in [3.63, 3.8) is 0 Å². The minimum absolute atomic E-state index is 0.0723. The predicted octanol–water partition coefficient (Wildman–Crippen LogP) is 2.21. The van der Waals surface area contributed by atoms with Gasteiger partial charge in [-0.3, -0.25) is 9.59 Å². The van der Waals surface area contributed by atoms with Crippen LogP contribution in [0.15, 0.2) is 47.1 Å². The number of benzene rings is 1. The summed E-state index contributed by atoms with van der Waals surface area (Å²) in [5.41, 5.74) is 0.449. The summed E-state index contributed by atoms with van der Waals surface area (Å²) < 4.78 is 10.7. The maximum absolute atomic E-state index is 12.1. The van der Waals surface area contributed by atoms with Crippen molar-refractivity contribution >= 4 is 23.4 Å². The SMILES string of the molecule is CC(C)(O)O.O=C(NCC1COC(CNC(=O)c2ccccc2Cl)C1)c1ccco1. The molecule has 2 unspecified atom stereocenters. The predicted molar refractivity (Wildman–Crippen MR) is 111 cm³/mol. The van der Waals surface area contributed by atoms with Gasteiger partial charge in [0, 0.05) is 19.0 Å². The molecule has 9 heteroatoms. The maximum atomic E-state index is 12.1. The number of carbonyl (C=O) groups excluding carboxylic acids is 2. The van der Waals surface area contributed by atoms with Gasteiger partial charge in [-0.25, -0.2) is 0 Å². The summed E-state index contributed by atoms with van der Waals surface area (Å²) in [7, 11) is 0. The molecule has 1 aromatic heterocycles. The molecule has 3 rings (SSSR count). The van der Waals surface area contributed by atoms with Crippen molar-refractivity contribution < 1.29 is 29.0 Å². The fraction of sp³-hybridized carbons (Fsp3) is 0.429. The third-order valence-electron chi connectivity index (χ3n) is 4.07. The van der Waals surface area contributed by atoms with Gasteiger partial charge in [-0.2, -0.15) is 0 Å². The first-order chi connectivity index (χ1) is 14.1. The zero-order valence-corrected chi connectivity index (χ0v) is 17.7. The molecule has 1 aliphatic rings. The lowest BCUT2D eigenvalue weighted by Gasteiger charge is -2.12. The second kappa shape index (κ2) is 11.1. The lowest BCUT2D eigenvalue weighted by molar-refractivity contribution is -0.127. The van der Waals surface area contributed by atoms with Crippen molar-refractivity contribution in [2.24, 2.45) is 5.92 Å². The molecule has 164 valence electrons. The fourth-order valence-electron chi connectivity index (χ4n) is 2.74. The van der Waals surface area contributed by atoms with Crippen molar-refractivity contribution in [2.75, 3.05) is 19.7 Å². The van der Waals surface area contributed by atoms with E-state index in [1.54, 1.807) is 36.4 Å². The Balaban J connectivity index is 0.000000575. The first kappa shape index (κ1) is 23.9. The molecule has 8 nitrogen and oxygen atoms in total. The van der Waals surface area contributed by atoms with E-state index in [-0.39, 0.29) is 23.8 Å². The molecule has 2 aromatic rings. The number of carbonyl (C=O) groups is 2. The minimum atomic E-state index is -1.50. The van der Waals surface area contributed by atoms with Gasteiger partial charge in [0.1, 0.15) is 0 Å². The monoisotopic (exact) mass is 438 g/mol. The molecule has 0 saturated carbocycles. The molecule has 1 aromatic carbocycles. The molecule has 0 spiro atoms. The van der Waals surface area contributed by atoms with Gasteiger partial charge < -0.3 is 30.0 Å². The van der Waals surface area contributed by atoms with E-state index >= 15 is 0 Å². The van der Waals surface area contributed by atoms with Crippen LogP contribution in [0.2, 0.25) is 5.02 Å². The second-order valence-corrected chi connectivity index (χ2v) is 7.84. The van der Waals surface area contributed by atoms with Gasteiger partial charge >= 0.3 is 0 Å². The Morgan fingerprint density at radius 3 is 2.40 bits per heavy atom. The smallest absolute Gasteiger partial charge is 0.286 e. The molecule has 1 aliphatic heterocycles. The molecule has 2 heterocycles. The lowest BCUT2D eigenvalue weighted by atomic mass is 10.1. The largest absolute Gasteiger partial charge is 0.459 e. The summed E-state index contributed by atoms with van der Waals surface area (Å²) in [6, 6.07) is 10.2. The molecule has 30 heavy (non-hydrogen) atoms. The highest BCUT2D eigenvalue weighted by Crippen LogP contribution is 2.19. The average Bonchev–Trinajstić information content (AvgIpc) is 3.35. The van der Waals surface area contributed by atoms with Gasteiger partial charge in [0.2, 0.25) is 0 Å². The van der Waals surface area contributed by atoms with E-state index in [9.17, 15) is 9.59 Å². The molecule has 0 radical (unpaired) electrons. The molecule has 1 saturated heterocycles. The van der Waals surface area contributed by atoms with E-state index in [1.807, 2.05) is 0 Å². The maximum Gasteiger partial charge on any atom is 0.286 e. The van der Waals surface area contributed by atoms with Gasteiger partial charge in [0.05, 0.1) is 29.6 Å². The fourth-order valence-corrected chi connectivity index (χ4v) is 2.97. The van der Waals surface area contributed by atoms with E-state index in [4.69, 9.17) is 31.0 Å². The van der Waals surface area contributed by atoms with Gasteiger partial charge in [0.25, 0.3) is 11.8 Å². The Kier molecular flexibility index (Phi) is 8.86. The van der Waals surface area contributed by atoms with Crippen molar-refractivity contribution in [3.05, 3.63) is 59.0 Å². The molecule has 0 bridgehead atoms. The third kappa shape index (κ3) is 8.54. The number of hydrogen-bond acceptors (Lipinski definition) is 6. The highest BCUT2D eigenvalue weighted by Gasteiger charge is 2.26. The first-order valence-corrected chi connectivity index (χ1v) is 9.92. The molecule has 2 amide bonds. The molecule has 1 fully saturated rings. The Hall–Kier alpha value is -2.39. The van der Waals surface area contributed by atoms with Gasteiger partial charge in [-0.05, 0) is 44.5 Å². The summed E-state index contributed by atoms with van der Waals surface area (Å²) in [6.07, 6.45) is 2.16. The van der Waals surface area contributed by atoms with E-state index in [0.29, 0.717) is 36.0 Å². The zero-order chi connectivity index (χ0) is 22.1. The highest BCUT2D eigenvalue weighted by atomic mass is 35.5. The summed E-state index contributed by atoms with van der Waals surface area (Å²) >= 11 is 6.01. The van der Waals surface area contributed by atoms with E-state index in [2.05, 4.69) is 10.6 Å². The normalized spacial score (nSPS) is 18.3. The number of rotatable bonds is 6. The van der Waals surface area contributed by atoms with Crippen LogP contribution in [0.25, 0.3) is 0 Å². The number of nitrogens with one attached hydrogen (secondary N) is 2. The third-order valence-corrected chi connectivity index (χ3v) is 4.40. The number of aliphatic hydroxyl groups is 2. The van der Waals surface area contributed by atoms with E-state index < -0.39 is 5.79 Å². The topological polar surface area (TPSA) is 121 Å². The van der Waals surface area contributed by atoms with Gasteiger partial charge in [0.15, 0.2) is 11.5 Å². The number of hydrogen-bond donors (Lipinski definition) is 4. The molecule has 2 atom stereocenters. The van der Waals surface area contributed by atoms with Gasteiger partial charge in [-0.15, -0.1) is 0 Å². The Labute approximate surface area is 180 Å². The van der Waals surface area contributed by atoms with Crippen molar-refractivity contribution in [1.29, 1.82) is 0 Å². The van der Waals surface area contributed by atoms with Crippen LogP contribution in [0.4, 0.5) is 0 Å². The van der Waals surface area contributed by atoms with Crippen molar-refractivity contribution in [2.45, 2.75) is 32.2 Å². The van der Waals surface area contributed by atoms with Crippen LogP contribution in [0.1, 0.15) is 41.2 Å². The molecule has 4 N–H and O–H groups in total. The van der Waals surface area contributed by atoms with Crippen molar-refractivity contribution in [1.82, 2.24) is 10.6 Å². The Morgan fingerprint density at radius 1 is 1.10 bits per heavy atom. The summed E-state index contributed by atoms with van der Waals surface area (Å²) in [5, 5.41) is 22.2. The van der Waals surface area contributed by atoms with Crippen LogP contribution in [0.5, 0.6) is 0 Å². The molecular weight excluding hydrogens is 412 g/mol. The van der Waals surface area contributed by atoms with Gasteiger partial charge in [-0.1, -0.05) is 23.7 Å². The quantitative estimate of drug-likeness (QED) is 0.513. The number of amides is 2. The van der Waals surface area contributed by atoms with E-state index in [1.165, 1.54) is 20.1 Å². The summed E-state index contributed by atoms with van der Waals surface area (Å²) in [4.78, 5) is 24.0. The van der Waals surface area contributed by atoms with Crippen LogP contribution < -0.4 is 10.6 Å². The standard InChI is InChI=1S/C18H19ClN2O4.C3H8O2/c19-15-5-2-1-4-14(15)17(22)21-10-13-8-12(11-25-13)9-20-18(23)16-6-3-7-24-16;1-3(2,4)5/h1-7,12-13H,8-11H2,(H,20,23)(H,21,22);4-5H,1-2H3. The number of furan rings is 1. The Bertz CT molecular complexity index is 813. The average molecular weight is 439 g/mol. The van der Waals surface area contributed by atoms with Crippen LogP contribution in [0, 0.1) is 5.92 Å². The number of ether oxygens (including phenoxy) is 1. The highest BCUT2D eigenvalue weighted by molar-refractivity contribution is 6.33. The number of halogens is 1. The van der Waals surface area contributed by atoms with Crippen LogP contribution in [-0.2, 0) is 4.74 Å². The second-order valence-electron chi connectivity index (χ2n) is 7.43. The minimum Gasteiger partial charge on any atom is -0.459 e. The van der Waals surface area contributed by atoms with Crippen LogP contribution in [0.3, 0.4) is 0 Å². The molecule has 0 aliphatic carbocycles. The Morgan fingerprint density at radius 2 is 1.77 bits per heavy atom. The van der Waals surface area contributed by atoms with Crippen LogP contribution in [-0.4, -0.2) is 53.6 Å².